The van der Waals surface area contributed by atoms with E-state index < -0.39 is 21.3 Å². The van der Waals surface area contributed by atoms with E-state index in [-0.39, 0.29) is 12.4 Å². The summed E-state index contributed by atoms with van der Waals surface area (Å²) in [4.78, 5) is 25.7. The summed E-state index contributed by atoms with van der Waals surface area (Å²) in [6.07, 6.45) is 0. The van der Waals surface area contributed by atoms with Crippen molar-refractivity contribution in [2.45, 2.75) is 6.92 Å². The van der Waals surface area contributed by atoms with Crippen molar-refractivity contribution in [3.8, 4) is 0 Å². The van der Waals surface area contributed by atoms with E-state index in [2.05, 4.69) is 15.6 Å². The van der Waals surface area contributed by atoms with Crippen molar-refractivity contribution in [2.24, 2.45) is 5.92 Å². The second-order valence-corrected chi connectivity index (χ2v) is 6.08. The van der Waals surface area contributed by atoms with E-state index >= 15 is 0 Å². The summed E-state index contributed by atoms with van der Waals surface area (Å²) in [6.45, 7) is 5.57. The number of hydrogen-bond acceptors (Lipinski definition) is 4. The van der Waals surface area contributed by atoms with Crippen LogP contribution in [0.4, 0.5) is 0 Å². The second-order valence-electron chi connectivity index (χ2n) is 3.05. The van der Waals surface area contributed by atoms with Crippen LogP contribution in [-0.2, 0) is 18.2 Å². The first-order valence-electron chi connectivity index (χ1n) is 3.90. The molecule has 0 amide bonds. The lowest BCUT2D eigenvalue weighted by atomic mass is 10.2. The molecule has 0 aliphatic rings. The maximum atomic E-state index is 10.7. The average Bonchev–Trinajstić information content (AvgIpc) is 1.95. The molecule has 0 spiro atoms. The normalized spacial score (nSPS) is 17.9. The van der Waals surface area contributed by atoms with Gasteiger partial charge in [0.25, 0.3) is 0 Å². The zero-order valence-corrected chi connectivity index (χ0v) is 10.1. The van der Waals surface area contributed by atoms with Crippen LogP contribution >= 0.6 is 15.4 Å². The molecule has 3 N–H and O–H groups in total. The Kier molecular flexibility index (Phi) is 5.20. The van der Waals surface area contributed by atoms with E-state index in [1.807, 2.05) is 0 Å². The molecule has 2 atom stereocenters. The van der Waals surface area contributed by atoms with E-state index in [1.54, 1.807) is 0 Å². The van der Waals surface area contributed by atoms with Crippen LogP contribution in [0.3, 0.4) is 0 Å². The Morgan fingerprint density at radius 2 is 1.87 bits per heavy atom. The Morgan fingerprint density at radius 1 is 1.40 bits per heavy atom. The zero-order valence-electron chi connectivity index (χ0n) is 8.36. The fourth-order valence-corrected chi connectivity index (χ4v) is 1.57. The van der Waals surface area contributed by atoms with Crippen LogP contribution in [0, 0.1) is 5.92 Å². The van der Waals surface area contributed by atoms with Gasteiger partial charge in [0.15, 0.2) is 0 Å². The maximum absolute atomic E-state index is 10.7. The first kappa shape index (κ1) is 14.8. The fourth-order valence-electron chi connectivity index (χ4n) is 0.586. The molecule has 0 radical (unpaired) electrons. The minimum Gasteiger partial charge on any atom is -0.409 e. The van der Waals surface area contributed by atoms with Gasteiger partial charge in [-0.05, 0) is 0 Å². The average molecular weight is 260 g/mol. The molecule has 15 heavy (non-hydrogen) atoms. The summed E-state index contributed by atoms with van der Waals surface area (Å²) in [5.41, 5.74) is 0. The molecule has 0 fully saturated rings. The highest BCUT2D eigenvalue weighted by Gasteiger charge is 2.22. The lowest BCUT2D eigenvalue weighted by Gasteiger charge is -2.16. The molecule has 90 valence electrons. The van der Waals surface area contributed by atoms with Crippen LogP contribution in [0.2, 0.25) is 0 Å². The Hall–Kier alpha value is -0.160. The molecule has 7 nitrogen and oxygen atoms in total. The van der Waals surface area contributed by atoms with Crippen LogP contribution < -0.4 is 0 Å². The van der Waals surface area contributed by atoms with Gasteiger partial charge in [-0.3, -0.25) is 14.4 Å². The third-order valence-electron chi connectivity index (χ3n) is 1.35. The summed E-state index contributed by atoms with van der Waals surface area (Å²) < 4.78 is 29.9. The SMILES string of the molecule is C=C(OP(=O)(O)O)C(C)COP(C)(=O)O. The number of hydrogen-bond donors (Lipinski definition) is 3. The largest absolute Gasteiger partial charge is 0.524 e. The van der Waals surface area contributed by atoms with E-state index in [9.17, 15) is 9.13 Å². The number of rotatable bonds is 6. The van der Waals surface area contributed by atoms with Gasteiger partial charge in [-0.1, -0.05) is 13.5 Å². The molecule has 0 bridgehead atoms. The van der Waals surface area contributed by atoms with Crippen molar-refractivity contribution in [1.29, 1.82) is 0 Å². The molecule has 0 aromatic heterocycles. The monoisotopic (exact) mass is 260 g/mol. The van der Waals surface area contributed by atoms with Crippen LogP contribution in [0.1, 0.15) is 6.92 Å². The molecule has 0 aromatic carbocycles. The summed E-state index contributed by atoms with van der Waals surface area (Å²) in [5.74, 6) is -0.796. The van der Waals surface area contributed by atoms with Gasteiger partial charge in [-0.25, -0.2) is 4.57 Å². The highest BCUT2D eigenvalue weighted by atomic mass is 31.2. The lowest BCUT2D eigenvalue weighted by molar-refractivity contribution is 0.188. The van der Waals surface area contributed by atoms with E-state index in [0.717, 1.165) is 6.66 Å². The standard InChI is InChI=1S/C6H14O7P2/c1-5(4-12-14(3,7)8)6(2)13-15(9,10)11/h5H,2,4H2,1,3H3,(H,7,8)(H2,9,10,11). The predicted octanol–water partition coefficient (Wildman–Crippen LogP) is 1.08. The van der Waals surface area contributed by atoms with Gasteiger partial charge in [0, 0.05) is 12.6 Å². The Labute approximate surface area is 87.5 Å². The quantitative estimate of drug-likeness (QED) is 0.483. The topological polar surface area (TPSA) is 113 Å². The van der Waals surface area contributed by atoms with Crippen LogP contribution in [-0.4, -0.2) is 28.0 Å². The van der Waals surface area contributed by atoms with E-state index in [1.165, 1.54) is 6.92 Å². The van der Waals surface area contributed by atoms with Gasteiger partial charge in [0.05, 0.1) is 6.61 Å². The van der Waals surface area contributed by atoms with Crippen molar-refractivity contribution < 1.29 is 32.9 Å². The predicted molar refractivity (Wildman–Crippen MR) is 53.1 cm³/mol. The van der Waals surface area contributed by atoms with Crippen molar-refractivity contribution in [3.05, 3.63) is 12.3 Å². The first-order chi connectivity index (χ1) is 6.51. The highest BCUT2D eigenvalue weighted by Crippen LogP contribution is 2.42. The third kappa shape index (κ3) is 8.81. The zero-order chi connectivity index (χ0) is 12.3. The van der Waals surface area contributed by atoms with Gasteiger partial charge in [0.1, 0.15) is 5.76 Å². The molecule has 0 heterocycles. The fraction of sp³-hybridized carbons (Fsp3) is 0.667. The second kappa shape index (κ2) is 5.25. The van der Waals surface area contributed by atoms with Crippen LogP contribution in [0.25, 0.3) is 0 Å². The van der Waals surface area contributed by atoms with Crippen LogP contribution in [0.15, 0.2) is 12.3 Å². The van der Waals surface area contributed by atoms with Crippen molar-refractivity contribution >= 4 is 15.4 Å². The number of phosphoric acid groups is 1. The molecule has 2 unspecified atom stereocenters. The van der Waals surface area contributed by atoms with Crippen molar-refractivity contribution in [3.63, 3.8) is 0 Å². The van der Waals surface area contributed by atoms with Crippen LogP contribution in [0.5, 0.6) is 0 Å². The van der Waals surface area contributed by atoms with Gasteiger partial charge in [-0.2, -0.15) is 0 Å². The summed E-state index contributed by atoms with van der Waals surface area (Å²) >= 11 is 0. The van der Waals surface area contributed by atoms with Gasteiger partial charge < -0.3 is 13.9 Å². The molecule has 0 aromatic rings. The molecule has 0 saturated heterocycles. The Morgan fingerprint density at radius 3 is 2.20 bits per heavy atom. The maximum Gasteiger partial charge on any atom is 0.524 e. The summed E-state index contributed by atoms with van der Waals surface area (Å²) in [7, 11) is -8.23. The first-order valence-corrected chi connectivity index (χ1v) is 7.45. The Balaban J connectivity index is 4.12. The molecular formula is C6H14O7P2. The van der Waals surface area contributed by atoms with E-state index in [0.29, 0.717) is 0 Å². The molecule has 0 saturated carbocycles. The molecule has 0 aliphatic heterocycles. The van der Waals surface area contributed by atoms with Crippen molar-refractivity contribution in [1.82, 2.24) is 0 Å². The number of phosphoric ester groups is 1. The van der Waals surface area contributed by atoms with Gasteiger partial charge >= 0.3 is 15.4 Å². The molecule has 9 heteroatoms. The summed E-state index contributed by atoms with van der Waals surface area (Å²) in [5, 5.41) is 0. The minimum absolute atomic E-state index is 0.197. The van der Waals surface area contributed by atoms with Gasteiger partial charge in [0.2, 0.25) is 0 Å². The molecule has 0 aliphatic carbocycles. The smallest absolute Gasteiger partial charge is 0.409 e. The van der Waals surface area contributed by atoms with Gasteiger partial charge in [-0.15, -0.1) is 0 Å². The Bertz CT molecular complexity index is 313. The van der Waals surface area contributed by atoms with Crippen molar-refractivity contribution in [2.75, 3.05) is 13.3 Å². The lowest BCUT2D eigenvalue weighted by Crippen LogP contribution is -2.08. The summed E-state index contributed by atoms with van der Waals surface area (Å²) in [6, 6.07) is 0. The molecular weight excluding hydrogens is 246 g/mol. The van der Waals surface area contributed by atoms with E-state index in [4.69, 9.17) is 14.7 Å². The minimum atomic E-state index is -4.63. The third-order valence-corrected chi connectivity index (χ3v) is 2.45. The molecule has 0 rings (SSSR count). The highest BCUT2D eigenvalue weighted by molar-refractivity contribution is 7.51.